The number of likely N-dealkylation sites (tertiary alicyclic amines) is 1. The molecule has 1 saturated heterocycles. The van der Waals surface area contributed by atoms with E-state index < -0.39 is 61.3 Å². The van der Waals surface area contributed by atoms with Crippen molar-refractivity contribution in [3.05, 3.63) is 33.8 Å². The molecule has 36 heavy (non-hydrogen) atoms. The van der Waals surface area contributed by atoms with Crippen molar-refractivity contribution in [3.63, 3.8) is 0 Å². The highest BCUT2D eigenvalue weighted by molar-refractivity contribution is 7.08. The van der Waals surface area contributed by atoms with Crippen LogP contribution in [0.4, 0.5) is 22.0 Å². The Labute approximate surface area is 212 Å². The van der Waals surface area contributed by atoms with Crippen molar-refractivity contribution in [1.82, 2.24) is 19.8 Å². The fraction of sp³-hybridized carbons (Fsp3) is 0.524. The zero-order valence-electron chi connectivity index (χ0n) is 18.7. The summed E-state index contributed by atoms with van der Waals surface area (Å²) in [6.45, 7) is -0.701. The minimum atomic E-state index is -4.70. The minimum Gasteiger partial charge on any atom is -0.368 e. The van der Waals surface area contributed by atoms with Gasteiger partial charge < -0.3 is 20.6 Å². The van der Waals surface area contributed by atoms with Crippen LogP contribution in [0.5, 0.6) is 0 Å². The molecule has 0 saturated carbocycles. The van der Waals surface area contributed by atoms with Crippen LogP contribution in [-0.4, -0.2) is 68.0 Å². The summed E-state index contributed by atoms with van der Waals surface area (Å²) in [6, 6.07) is 0.533. The maximum atomic E-state index is 13.8. The molecule has 2 aliphatic heterocycles. The van der Waals surface area contributed by atoms with Gasteiger partial charge in [0, 0.05) is 54.9 Å². The van der Waals surface area contributed by atoms with Gasteiger partial charge in [-0.05, 0) is 17.9 Å². The van der Waals surface area contributed by atoms with Crippen molar-refractivity contribution < 1.29 is 36.6 Å². The van der Waals surface area contributed by atoms with Crippen LogP contribution in [-0.2, 0) is 28.7 Å². The SMILES string of the molecule is Cl.N[C@H](CC(=O)N1CCc2c(nc(-c3ccsc3)nc2C(F)(F)F)C1)CN1C(=O)CCC(F)(F)C1O. The number of hydrogen-bond donors (Lipinski definition) is 2. The second kappa shape index (κ2) is 10.5. The second-order valence-electron chi connectivity index (χ2n) is 8.54. The van der Waals surface area contributed by atoms with Gasteiger partial charge in [-0.3, -0.25) is 9.59 Å². The number of alkyl halides is 5. The Balaban J connectivity index is 0.00000361. The van der Waals surface area contributed by atoms with Gasteiger partial charge in [0.15, 0.2) is 17.7 Å². The quantitative estimate of drug-likeness (QED) is 0.549. The van der Waals surface area contributed by atoms with Crippen LogP contribution in [0.15, 0.2) is 16.8 Å². The van der Waals surface area contributed by atoms with Gasteiger partial charge in [0.2, 0.25) is 11.8 Å². The largest absolute Gasteiger partial charge is 0.433 e. The lowest BCUT2D eigenvalue weighted by molar-refractivity contribution is -0.205. The minimum absolute atomic E-state index is 0. The van der Waals surface area contributed by atoms with Crippen LogP contribution in [0.3, 0.4) is 0 Å². The molecule has 3 N–H and O–H groups in total. The molecule has 1 unspecified atom stereocenters. The number of carbonyl (C=O) groups is 2. The lowest BCUT2D eigenvalue weighted by atomic mass is 10.0. The smallest absolute Gasteiger partial charge is 0.368 e. The van der Waals surface area contributed by atoms with Crippen LogP contribution in [0.2, 0.25) is 0 Å². The highest BCUT2D eigenvalue weighted by Crippen LogP contribution is 2.36. The molecule has 0 spiro atoms. The average Bonchev–Trinajstić information content (AvgIpc) is 3.33. The maximum absolute atomic E-state index is 13.8. The molecule has 4 rings (SSSR count). The monoisotopic (exact) mass is 555 g/mol. The number of aliphatic hydroxyl groups excluding tert-OH is 1. The molecule has 4 heterocycles. The first kappa shape index (κ1) is 28.2. The van der Waals surface area contributed by atoms with Gasteiger partial charge in [-0.2, -0.15) is 24.5 Å². The number of nitrogens with zero attached hydrogens (tertiary/aromatic N) is 4. The van der Waals surface area contributed by atoms with E-state index in [4.69, 9.17) is 5.73 Å². The molecule has 0 radical (unpaired) electrons. The third-order valence-electron chi connectivity index (χ3n) is 6.00. The summed E-state index contributed by atoms with van der Waals surface area (Å²) in [5, 5.41) is 13.1. The molecule has 2 atom stereocenters. The van der Waals surface area contributed by atoms with Crippen molar-refractivity contribution in [2.24, 2.45) is 5.73 Å². The van der Waals surface area contributed by atoms with Crippen LogP contribution in [0, 0.1) is 0 Å². The molecule has 0 bridgehead atoms. The van der Waals surface area contributed by atoms with Crippen LogP contribution in [0.25, 0.3) is 11.4 Å². The molecule has 0 aliphatic carbocycles. The van der Waals surface area contributed by atoms with E-state index in [0.29, 0.717) is 10.5 Å². The van der Waals surface area contributed by atoms with Gasteiger partial charge in [0.1, 0.15) is 0 Å². The maximum Gasteiger partial charge on any atom is 0.433 e. The Kier molecular flexibility index (Phi) is 8.23. The lowest BCUT2D eigenvalue weighted by Gasteiger charge is -2.38. The molecule has 15 heteroatoms. The number of aliphatic hydroxyl groups is 1. The molecule has 2 aromatic rings. The molecule has 198 valence electrons. The summed E-state index contributed by atoms with van der Waals surface area (Å²) < 4.78 is 68.6. The Morgan fingerprint density at radius 2 is 2.03 bits per heavy atom. The first-order valence-electron chi connectivity index (χ1n) is 10.7. The highest BCUT2D eigenvalue weighted by atomic mass is 35.5. The average molecular weight is 556 g/mol. The zero-order valence-corrected chi connectivity index (χ0v) is 20.3. The molecule has 2 amide bonds. The first-order valence-corrected chi connectivity index (χ1v) is 11.7. The van der Waals surface area contributed by atoms with E-state index >= 15 is 0 Å². The Bertz CT molecular complexity index is 1120. The number of rotatable bonds is 5. The van der Waals surface area contributed by atoms with Crippen molar-refractivity contribution in [1.29, 1.82) is 0 Å². The number of halogens is 6. The van der Waals surface area contributed by atoms with Gasteiger partial charge >= 0.3 is 6.18 Å². The van der Waals surface area contributed by atoms with Crippen molar-refractivity contribution >= 4 is 35.6 Å². The van der Waals surface area contributed by atoms with E-state index in [0.717, 1.165) is 0 Å². The van der Waals surface area contributed by atoms with Gasteiger partial charge in [-0.25, -0.2) is 18.7 Å². The van der Waals surface area contributed by atoms with E-state index in [1.807, 2.05) is 0 Å². The summed E-state index contributed by atoms with van der Waals surface area (Å²) in [5.74, 6) is -4.81. The molecule has 0 aromatic carbocycles. The predicted molar refractivity (Wildman–Crippen MR) is 121 cm³/mol. The van der Waals surface area contributed by atoms with E-state index in [-0.39, 0.29) is 55.4 Å². The summed E-state index contributed by atoms with van der Waals surface area (Å²) in [7, 11) is 0. The standard InChI is InChI=1S/C21H22F5N5O3S.ClH/c22-20(23)4-1-15(32)31(19(20)34)8-12(27)7-16(33)30-5-2-13-14(9-30)28-18(11-3-6-35-10-11)29-17(13)21(24,25)26;/h3,6,10,12,19,34H,1-2,4-5,7-9,27H2;1H/t12-,19?;/m1./s1. The summed E-state index contributed by atoms with van der Waals surface area (Å²) in [5.41, 5.74) is 5.31. The fourth-order valence-electron chi connectivity index (χ4n) is 4.18. The third kappa shape index (κ3) is 5.76. The molecular weight excluding hydrogens is 533 g/mol. The first-order chi connectivity index (χ1) is 16.4. The number of nitrogens with two attached hydrogens (primary N) is 1. The molecular formula is C21H23ClF5N5O3S. The Morgan fingerprint density at radius 3 is 2.67 bits per heavy atom. The zero-order chi connectivity index (χ0) is 25.5. The second-order valence-corrected chi connectivity index (χ2v) is 9.32. The number of piperidine rings is 1. The number of thiophene rings is 1. The number of hydrogen-bond acceptors (Lipinski definition) is 7. The van der Waals surface area contributed by atoms with Crippen LogP contribution in [0.1, 0.15) is 36.2 Å². The molecule has 8 nitrogen and oxygen atoms in total. The number of amides is 2. The Hall–Kier alpha value is -2.42. The number of fused-ring (bicyclic) bond motifs is 1. The molecule has 1 fully saturated rings. The Morgan fingerprint density at radius 1 is 1.31 bits per heavy atom. The normalized spacial score (nSPS) is 20.5. The molecule has 2 aromatic heterocycles. The van der Waals surface area contributed by atoms with Crippen molar-refractivity contribution in [2.75, 3.05) is 13.1 Å². The van der Waals surface area contributed by atoms with E-state index in [9.17, 15) is 36.6 Å². The lowest BCUT2D eigenvalue weighted by Crippen LogP contribution is -2.58. The highest BCUT2D eigenvalue weighted by Gasteiger charge is 2.48. The summed E-state index contributed by atoms with van der Waals surface area (Å²) in [6.07, 6.45) is -8.74. The van der Waals surface area contributed by atoms with Crippen LogP contribution >= 0.6 is 23.7 Å². The topological polar surface area (TPSA) is 113 Å². The molecule has 2 aliphatic rings. The van der Waals surface area contributed by atoms with Crippen molar-refractivity contribution in [3.8, 4) is 11.4 Å². The van der Waals surface area contributed by atoms with Crippen LogP contribution < -0.4 is 5.73 Å². The summed E-state index contributed by atoms with van der Waals surface area (Å²) >= 11 is 1.28. The fourth-order valence-corrected chi connectivity index (χ4v) is 4.82. The number of carbonyl (C=O) groups excluding carboxylic acids is 2. The van der Waals surface area contributed by atoms with E-state index in [1.165, 1.54) is 16.2 Å². The van der Waals surface area contributed by atoms with E-state index in [1.54, 1.807) is 16.8 Å². The summed E-state index contributed by atoms with van der Waals surface area (Å²) in [4.78, 5) is 34.6. The van der Waals surface area contributed by atoms with Crippen molar-refractivity contribution in [2.45, 2.75) is 56.6 Å². The number of aromatic nitrogens is 2. The van der Waals surface area contributed by atoms with Gasteiger partial charge in [0.25, 0.3) is 5.92 Å². The van der Waals surface area contributed by atoms with E-state index in [2.05, 4.69) is 9.97 Å². The van der Waals surface area contributed by atoms with Gasteiger partial charge in [-0.1, -0.05) is 0 Å². The third-order valence-corrected chi connectivity index (χ3v) is 6.68. The predicted octanol–water partition coefficient (Wildman–Crippen LogP) is 2.82. The van der Waals surface area contributed by atoms with Gasteiger partial charge in [-0.15, -0.1) is 12.4 Å². The van der Waals surface area contributed by atoms with Gasteiger partial charge in [0.05, 0.1) is 12.2 Å².